The van der Waals surface area contributed by atoms with Crippen molar-refractivity contribution in [1.29, 1.82) is 0 Å². The fraction of sp³-hybridized carbons (Fsp3) is 0.154. The van der Waals surface area contributed by atoms with E-state index in [0.29, 0.717) is 6.54 Å². The number of thiophene rings is 1. The largest absolute Gasteiger partial charge is 0.337 e. The standard InChI is InChI=1S/C13H11FN2O3S/c1-15(8-10-3-2-6-20-10)13(17)9-4-5-12(16(18)19)11(14)7-9/h2-7H,8H2,1H3. The predicted molar refractivity (Wildman–Crippen MR) is 73.2 cm³/mol. The maximum atomic E-state index is 13.5. The summed E-state index contributed by atoms with van der Waals surface area (Å²) in [6, 6.07) is 6.93. The van der Waals surface area contributed by atoms with Gasteiger partial charge in [-0.15, -0.1) is 11.3 Å². The summed E-state index contributed by atoms with van der Waals surface area (Å²) < 4.78 is 13.5. The average Bonchev–Trinajstić information content (AvgIpc) is 2.90. The van der Waals surface area contributed by atoms with Crippen LogP contribution in [0.2, 0.25) is 0 Å². The van der Waals surface area contributed by atoms with E-state index in [0.717, 1.165) is 17.0 Å². The Morgan fingerprint density at radius 3 is 2.75 bits per heavy atom. The molecule has 0 radical (unpaired) electrons. The van der Waals surface area contributed by atoms with E-state index >= 15 is 0 Å². The number of nitro benzene ring substituents is 1. The highest BCUT2D eigenvalue weighted by atomic mass is 32.1. The molecule has 0 spiro atoms. The van der Waals surface area contributed by atoms with E-state index in [2.05, 4.69) is 0 Å². The molecular weight excluding hydrogens is 283 g/mol. The molecule has 0 atom stereocenters. The molecule has 0 saturated carbocycles. The highest BCUT2D eigenvalue weighted by Gasteiger charge is 2.18. The van der Waals surface area contributed by atoms with Gasteiger partial charge >= 0.3 is 5.69 Å². The molecule has 1 aromatic heterocycles. The molecule has 0 saturated heterocycles. The van der Waals surface area contributed by atoms with E-state index in [1.54, 1.807) is 7.05 Å². The van der Waals surface area contributed by atoms with Gasteiger partial charge in [-0.3, -0.25) is 14.9 Å². The molecule has 5 nitrogen and oxygen atoms in total. The van der Waals surface area contributed by atoms with Crippen molar-refractivity contribution in [2.45, 2.75) is 6.54 Å². The third-order valence-corrected chi connectivity index (χ3v) is 3.57. The summed E-state index contributed by atoms with van der Waals surface area (Å²) in [6.45, 7) is 0.412. The topological polar surface area (TPSA) is 63.5 Å². The van der Waals surface area contributed by atoms with E-state index in [1.807, 2.05) is 17.5 Å². The summed E-state index contributed by atoms with van der Waals surface area (Å²) >= 11 is 1.52. The van der Waals surface area contributed by atoms with Crippen LogP contribution in [0.3, 0.4) is 0 Å². The number of amides is 1. The minimum atomic E-state index is -1.01. The van der Waals surface area contributed by atoms with Gasteiger partial charge in [-0.05, 0) is 23.6 Å². The molecule has 2 rings (SSSR count). The van der Waals surface area contributed by atoms with Gasteiger partial charge in [0.2, 0.25) is 5.82 Å². The second-order valence-corrected chi connectivity index (χ2v) is 5.20. The van der Waals surface area contributed by atoms with Gasteiger partial charge in [-0.25, -0.2) is 0 Å². The Bertz CT molecular complexity index is 643. The first kappa shape index (κ1) is 14.1. The zero-order valence-corrected chi connectivity index (χ0v) is 11.4. The van der Waals surface area contributed by atoms with Gasteiger partial charge in [0.25, 0.3) is 5.91 Å². The highest BCUT2D eigenvalue weighted by Crippen LogP contribution is 2.19. The van der Waals surface area contributed by atoms with E-state index in [-0.39, 0.29) is 11.5 Å². The molecule has 20 heavy (non-hydrogen) atoms. The lowest BCUT2D eigenvalue weighted by molar-refractivity contribution is -0.387. The molecule has 1 heterocycles. The van der Waals surface area contributed by atoms with E-state index in [4.69, 9.17) is 0 Å². The molecule has 1 amide bonds. The SMILES string of the molecule is CN(Cc1cccs1)C(=O)c1ccc([N+](=O)[O-])c(F)c1. The molecule has 0 aliphatic rings. The van der Waals surface area contributed by atoms with Gasteiger partial charge in [0.05, 0.1) is 11.5 Å². The minimum Gasteiger partial charge on any atom is -0.337 e. The van der Waals surface area contributed by atoms with Crippen molar-refractivity contribution in [2.24, 2.45) is 0 Å². The van der Waals surface area contributed by atoms with E-state index in [9.17, 15) is 19.3 Å². The lowest BCUT2D eigenvalue weighted by Gasteiger charge is -2.16. The lowest BCUT2D eigenvalue weighted by Crippen LogP contribution is -2.25. The molecule has 0 N–H and O–H groups in total. The quantitative estimate of drug-likeness (QED) is 0.643. The lowest BCUT2D eigenvalue weighted by atomic mass is 10.1. The van der Waals surface area contributed by atoms with Crippen LogP contribution in [0, 0.1) is 15.9 Å². The number of benzene rings is 1. The summed E-state index contributed by atoms with van der Waals surface area (Å²) in [5.74, 6) is -1.39. The molecule has 0 aliphatic heterocycles. The summed E-state index contributed by atoms with van der Waals surface area (Å²) in [4.78, 5) is 24.2. The number of hydrogen-bond donors (Lipinski definition) is 0. The smallest absolute Gasteiger partial charge is 0.304 e. The fourth-order valence-electron chi connectivity index (χ4n) is 1.72. The molecule has 0 bridgehead atoms. The van der Waals surface area contributed by atoms with Crippen LogP contribution in [0.25, 0.3) is 0 Å². The predicted octanol–water partition coefficient (Wildman–Crippen LogP) is 3.07. The van der Waals surface area contributed by atoms with Gasteiger partial charge in [0, 0.05) is 23.6 Å². The zero-order valence-electron chi connectivity index (χ0n) is 10.6. The van der Waals surface area contributed by atoms with Crippen molar-refractivity contribution in [3.63, 3.8) is 0 Å². The Morgan fingerprint density at radius 1 is 1.45 bits per heavy atom. The molecule has 7 heteroatoms. The molecule has 0 aliphatic carbocycles. The van der Waals surface area contributed by atoms with Crippen molar-refractivity contribution in [1.82, 2.24) is 4.90 Å². The molecule has 2 aromatic rings. The van der Waals surface area contributed by atoms with Crippen molar-refractivity contribution < 1.29 is 14.1 Å². The maximum Gasteiger partial charge on any atom is 0.304 e. The van der Waals surface area contributed by atoms with E-state index in [1.165, 1.54) is 22.3 Å². The van der Waals surface area contributed by atoms with Gasteiger partial charge in [0.1, 0.15) is 0 Å². The van der Waals surface area contributed by atoms with Crippen molar-refractivity contribution in [2.75, 3.05) is 7.05 Å². The Hall–Kier alpha value is -2.28. The Kier molecular flexibility index (Phi) is 4.09. The van der Waals surface area contributed by atoms with Gasteiger partial charge < -0.3 is 4.90 Å². The summed E-state index contributed by atoms with van der Waals surface area (Å²) in [5, 5.41) is 12.4. The fourth-order valence-corrected chi connectivity index (χ4v) is 2.47. The van der Waals surface area contributed by atoms with Crippen LogP contribution >= 0.6 is 11.3 Å². The number of carbonyl (C=O) groups excluding carboxylic acids is 1. The first-order valence-corrected chi connectivity index (χ1v) is 6.59. The third-order valence-electron chi connectivity index (χ3n) is 2.71. The number of rotatable bonds is 4. The Labute approximate surface area is 118 Å². The highest BCUT2D eigenvalue weighted by molar-refractivity contribution is 7.09. The summed E-state index contributed by atoms with van der Waals surface area (Å²) in [5.41, 5.74) is -0.547. The summed E-state index contributed by atoms with van der Waals surface area (Å²) in [6.07, 6.45) is 0. The van der Waals surface area contributed by atoms with Crippen molar-refractivity contribution in [3.8, 4) is 0 Å². The van der Waals surface area contributed by atoms with Crippen LogP contribution in [0.5, 0.6) is 0 Å². The Morgan fingerprint density at radius 2 is 2.20 bits per heavy atom. The molecular formula is C13H11FN2O3S. The monoisotopic (exact) mass is 294 g/mol. The molecule has 0 fully saturated rings. The zero-order chi connectivity index (χ0) is 14.7. The van der Waals surface area contributed by atoms with Crippen LogP contribution in [-0.2, 0) is 6.54 Å². The molecule has 0 unspecified atom stereocenters. The van der Waals surface area contributed by atoms with Gasteiger partial charge in [-0.2, -0.15) is 4.39 Å². The van der Waals surface area contributed by atoms with Crippen LogP contribution < -0.4 is 0 Å². The Balaban J connectivity index is 2.16. The van der Waals surface area contributed by atoms with Gasteiger partial charge in [0.15, 0.2) is 0 Å². The van der Waals surface area contributed by atoms with Gasteiger partial charge in [-0.1, -0.05) is 6.07 Å². The number of nitrogens with zero attached hydrogens (tertiary/aromatic N) is 2. The number of hydrogen-bond acceptors (Lipinski definition) is 4. The first-order valence-electron chi connectivity index (χ1n) is 5.71. The third kappa shape index (κ3) is 3.00. The summed E-state index contributed by atoms with van der Waals surface area (Å²) in [7, 11) is 1.60. The second kappa shape index (κ2) is 5.79. The number of carbonyl (C=O) groups is 1. The average molecular weight is 294 g/mol. The van der Waals surface area contributed by atoms with Crippen LogP contribution in [0.1, 0.15) is 15.2 Å². The normalized spacial score (nSPS) is 10.3. The van der Waals surface area contributed by atoms with E-state index < -0.39 is 16.4 Å². The second-order valence-electron chi connectivity index (χ2n) is 4.16. The van der Waals surface area contributed by atoms with Crippen LogP contribution in [0.15, 0.2) is 35.7 Å². The van der Waals surface area contributed by atoms with Crippen molar-refractivity contribution in [3.05, 3.63) is 62.1 Å². The number of nitro groups is 1. The van der Waals surface area contributed by atoms with Crippen molar-refractivity contribution >= 4 is 22.9 Å². The van der Waals surface area contributed by atoms with Crippen LogP contribution in [-0.4, -0.2) is 22.8 Å². The minimum absolute atomic E-state index is 0.0900. The van der Waals surface area contributed by atoms with Crippen LogP contribution in [0.4, 0.5) is 10.1 Å². The maximum absolute atomic E-state index is 13.5. The molecule has 1 aromatic carbocycles. The number of halogens is 1. The first-order chi connectivity index (χ1) is 9.49. The molecule has 104 valence electrons.